The Balaban J connectivity index is 2.14. The molecule has 3 unspecified atom stereocenters. The van der Waals surface area contributed by atoms with Crippen molar-refractivity contribution in [2.45, 2.75) is 39.2 Å². The Morgan fingerprint density at radius 1 is 1.37 bits per heavy atom. The first-order valence-corrected chi connectivity index (χ1v) is 7.05. The van der Waals surface area contributed by atoms with Crippen LogP contribution in [0.5, 0.6) is 0 Å². The second kappa shape index (κ2) is 5.78. The molecule has 3 atom stereocenters. The van der Waals surface area contributed by atoms with Gasteiger partial charge in [-0.1, -0.05) is 31.9 Å². The number of nitrogens with one attached hydrogen (secondary N) is 1. The van der Waals surface area contributed by atoms with Crippen LogP contribution in [-0.2, 0) is 0 Å². The molecule has 1 aliphatic rings. The van der Waals surface area contributed by atoms with Crippen molar-refractivity contribution in [3.05, 3.63) is 33.3 Å². The number of hydrogen-bond acceptors (Lipinski definition) is 3. The molecule has 1 fully saturated rings. The largest absolute Gasteiger partial charge is 0.382 e. The van der Waals surface area contributed by atoms with Crippen LogP contribution in [0.4, 0.5) is 11.4 Å². The third-order valence-electron chi connectivity index (χ3n) is 3.95. The molecule has 1 aromatic carbocycles. The maximum absolute atomic E-state index is 10.9. The molecule has 0 aliphatic heterocycles. The van der Waals surface area contributed by atoms with Gasteiger partial charge in [0, 0.05) is 17.8 Å². The summed E-state index contributed by atoms with van der Waals surface area (Å²) in [6, 6.07) is 5.29. The minimum Gasteiger partial charge on any atom is -0.382 e. The van der Waals surface area contributed by atoms with Gasteiger partial charge in [0.1, 0.15) is 5.02 Å². The van der Waals surface area contributed by atoms with Crippen LogP contribution in [0.25, 0.3) is 0 Å². The summed E-state index contributed by atoms with van der Waals surface area (Å²) in [5, 5.41) is 14.5. The molecule has 1 aliphatic carbocycles. The average molecular weight is 283 g/mol. The molecule has 5 heteroatoms. The van der Waals surface area contributed by atoms with Gasteiger partial charge in [0.05, 0.1) is 4.92 Å². The highest BCUT2D eigenvalue weighted by atomic mass is 35.5. The fourth-order valence-electron chi connectivity index (χ4n) is 2.69. The first kappa shape index (κ1) is 14.1. The molecule has 104 valence electrons. The Bertz CT molecular complexity index is 479. The molecule has 0 aromatic heterocycles. The van der Waals surface area contributed by atoms with Gasteiger partial charge in [0.15, 0.2) is 0 Å². The monoisotopic (exact) mass is 282 g/mol. The number of halogens is 1. The zero-order chi connectivity index (χ0) is 14.0. The fourth-order valence-corrected chi connectivity index (χ4v) is 2.88. The Morgan fingerprint density at radius 2 is 2.11 bits per heavy atom. The summed E-state index contributed by atoms with van der Waals surface area (Å²) in [6.45, 7) is 4.48. The molecule has 1 saturated carbocycles. The van der Waals surface area contributed by atoms with E-state index in [1.807, 2.05) is 0 Å². The molecule has 2 rings (SSSR count). The lowest BCUT2D eigenvalue weighted by atomic mass is 9.80. The molecule has 19 heavy (non-hydrogen) atoms. The van der Waals surface area contributed by atoms with Crippen LogP contribution in [0.1, 0.15) is 33.1 Å². The predicted octanol–water partition coefficient (Wildman–Crippen LogP) is 4.48. The predicted molar refractivity (Wildman–Crippen MR) is 77.7 cm³/mol. The number of nitrogens with zero attached hydrogens (tertiary/aromatic N) is 1. The van der Waals surface area contributed by atoms with Crippen molar-refractivity contribution in [3.63, 3.8) is 0 Å². The molecule has 0 spiro atoms. The van der Waals surface area contributed by atoms with E-state index in [2.05, 4.69) is 19.2 Å². The Kier molecular flexibility index (Phi) is 4.30. The second-order valence-electron chi connectivity index (χ2n) is 5.57. The number of nitro benzene ring substituents is 1. The van der Waals surface area contributed by atoms with Crippen LogP contribution in [-0.4, -0.2) is 11.0 Å². The van der Waals surface area contributed by atoms with E-state index in [0.29, 0.717) is 17.9 Å². The van der Waals surface area contributed by atoms with Crippen LogP contribution in [0, 0.1) is 22.0 Å². The quantitative estimate of drug-likeness (QED) is 0.657. The highest BCUT2D eigenvalue weighted by molar-refractivity contribution is 6.32. The topological polar surface area (TPSA) is 55.2 Å². The van der Waals surface area contributed by atoms with E-state index in [0.717, 1.165) is 12.1 Å². The van der Waals surface area contributed by atoms with Gasteiger partial charge in [0.25, 0.3) is 5.69 Å². The number of hydrogen-bond donors (Lipinski definition) is 1. The summed E-state index contributed by atoms with van der Waals surface area (Å²) in [5.41, 5.74) is 0.741. The highest BCUT2D eigenvalue weighted by Gasteiger charge is 2.25. The van der Waals surface area contributed by atoms with Crippen molar-refractivity contribution < 1.29 is 4.92 Å². The van der Waals surface area contributed by atoms with Crippen LogP contribution in [0.2, 0.25) is 5.02 Å². The van der Waals surface area contributed by atoms with Gasteiger partial charge < -0.3 is 5.32 Å². The summed E-state index contributed by atoms with van der Waals surface area (Å²) >= 11 is 5.82. The summed E-state index contributed by atoms with van der Waals surface area (Å²) in [6.07, 6.45) is 3.58. The summed E-state index contributed by atoms with van der Waals surface area (Å²) in [5.74, 6) is 1.29. The normalized spacial score (nSPS) is 27.0. The third kappa shape index (κ3) is 3.38. The van der Waals surface area contributed by atoms with Gasteiger partial charge in [-0.25, -0.2) is 0 Å². The lowest BCUT2D eigenvalue weighted by molar-refractivity contribution is -0.384. The number of anilines is 1. The van der Waals surface area contributed by atoms with Crippen LogP contribution >= 0.6 is 11.6 Å². The van der Waals surface area contributed by atoms with Crippen molar-refractivity contribution in [1.29, 1.82) is 0 Å². The van der Waals surface area contributed by atoms with Crippen molar-refractivity contribution in [3.8, 4) is 0 Å². The summed E-state index contributed by atoms with van der Waals surface area (Å²) < 4.78 is 0. The highest BCUT2D eigenvalue weighted by Crippen LogP contribution is 2.33. The molecular formula is C14H19ClN2O2. The zero-order valence-electron chi connectivity index (χ0n) is 11.2. The van der Waals surface area contributed by atoms with E-state index in [-0.39, 0.29) is 10.7 Å². The summed E-state index contributed by atoms with van der Waals surface area (Å²) in [7, 11) is 0. The Morgan fingerprint density at radius 3 is 2.79 bits per heavy atom. The van der Waals surface area contributed by atoms with E-state index in [1.54, 1.807) is 12.1 Å². The molecule has 4 nitrogen and oxygen atoms in total. The number of rotatable bonds is 3. The van der Waals surface area contributed by atoms with Crippen LogP contribution in [0.15, 0.2) is 18.2 Å². The van der Waals surface area contributed by atoms with Crippen molar-refractivity contribution in [2.75, 3.05) is 5.32 Å². The third-order valence-corrected chi connectivity index (χ3v) is 4.27. The van der Waals surface area contributed by atoms with Crippen molar-refractivity contribution in [2.24, 2.45) is 11.8 Å². The maximum Gasteiger partial charge on any atom is 0.289 e. The molecule has 0 heterocycles. The molecule has 0 radical (unpaired) electrons. The molecule has 1 N–H and O–H groups in total. The first-order chi connectivity index (χ1) is 8.97. The minimum atomic E-state index is -0.444. The average Bonchev–Trinajstić information content (AvgIpc) is 2.36. The van der Waals surface area contributed by atoms with Crippen molar-refractivity contribution >= 4 is 23.0 Å². The molecule has 0 saturated heterocycles. The zero-order valence-corrected chi connectivity index (χ0v) is 12.0. The van der Waals surface area contributed by atoms with Gasteiger partial charge in [-0.2, -0.15) is 0 Å². The fraction of sp³-hybridized carbons (Fsp3) is 0.571. The number of nitro groups is 1. The van der Waals surface area contributed by atoms with Gasteiger partial charge in [0.2, 0.25) is 0 Å². The van der Waals surface area contributed by atoms with Gasteiger partial charge >= 0.3 is 0 Å². The maximum atomic E-state index is 10.9. The first-order valence-electron chi connectivity index (χ1n) is 6.68. The SMILES string of the molecule is CC1CCC(C)C(Nc2ccc(Cl)c([N+](=O)[O-])c2)C1. The van der Waals surface area contributed by atoms with E-state index in [9.17, 15) is 10.1 Å². The number of benzene rings is 1. The van der Waals surface area contributed by atoms with Crippen LogP contribution in [0.3, 0.4) is 0 Å². The van der Waals surface area contributed by atoms with Gasteiger partial charge in [-0.05, 0) is 36.8 Å². The van der Waals surface area contributed by atoms with Gasteiger partial charge in [-0.15, -0.1) is 0 Å². The van der Waals surface area contributed by atoms with Crippen LogP contribution < -0.4 is 5.32 Å². The molecular weight excluding hydrogens is 264 g/mol. The lowest BCUT2D eigenvalue weighted by Crippen LogP contribution is -2.33. The Hall–Kier alpha value is -1.29. The van der Waals surface area contributed by atoms with E-state index in [4.69, 9.17) is 11.6 Å². The summed E-state index contributed by atoms with van der Waals surface area (Å²) in [4.78, 5) is 10.4. The molecule has 1 aromatic rings. The lowest BCUT2D eigenvalue weighted by Gasteiger charge is -2.34. The molecule has 0 amide bonds. The smallest absolute Gasteiger partial charge is 0.289 e. The molecule has 0 bridgehead atoms. The second-order valence-corrected chi connectivity index (χ2v) is 5.98. The minimum absolute atomic E-state index is 0.0387. The Labute approximate surface area is 118 Å². The van der Waals surface area contributed by atoms with E-state index < -0.39 is 4.92 Å². The van der Waals surface area contributed by atoms with Gasteiger partial charge in [-0.3, -0.25) is 10.1 Å². The van der Waals surface area contributed by atoms with Crippen molar-refractivity contribution in [1.82, 2.24) is 0 Å². The standard InChI is InChI=1S/C14H19ClN2O2/c1-9-3-4-10(2)13(7-9)16-11-5-6-12(15)14(8-11)17(18)19/h5-6,8-10,13,16H,3-4,7H2,1-2H3. The van der Waals surface area contributed by atoms with E-state index in [1.165, 1.54) is 18.9 Å². The van der Waals surface area contributed by atoms with E-state index >= 15 is 0 Å².